The van der Waals surface area contributed by atoms with E-state index in [0.717, 1.165) is 24.2 Å². The summed E-state index contributed by atoms with van der Waals surface area (Å²) >= 11 is 0. The lowest BCUT2D eigenvalue weighted by atomic mass is 9.79. The zero-order valence-corrected chi connectivity index (χ0v) is 14.6. The molecule has 0 bridgehead atoms. The van der Waals surface area contributed by atoms with Gasteiger partial charge in [0.25, 0.3) is 0 Å². The van der Waals surface area contributed by atoms with Gasteiger partial charge >= 0.3 is 0 Å². The maximum atomic E-state index is 5.96. The Morgan fingerprint density at radius 3 is 2.19 bits per heavy atom. The summed E-state index contributed by atoms with van der Waals surface area (Å²) in [4.78, 5) is 2.27. The molecule has 0 aliphatic heterocycles. The summed E-state index contributed by atoms with van der Waals surface area (Å²) in [5.74, 6) is 6.90. The number of likely N-dealkylation sites (N-methyl/N-ethyl adjacent to an activating group) is 1. The highest BCUT2D eigenvalue weighted by Crippen LogP contribution is 2.40. The lowest BCUT2D eigenvalue weighted by molar-refractivity contribution is 0.0869. The highest BCUT2D eigenvalue weighted by molar-refractivity contribution is 5.47. The molecule has 0 saturated carbocycles. The summed E-state index contributed by atoms with van der Waals surface area (Å²) < 4.78 is 5.69. The van der Waals surface area contributed by atoms with E-state index < -0.39 is 0 Å². The van der Waals surface area contributed by atoms with Gasteiger partial charge in [0, 0.05) is 11.1 Å². The van der Waals surface area contributed by atoms with Crippen molar-refractivity contribution >= 4 is 0 Å². The summed E-state index contributed by atoms with van der Waals surface area (Å²) in [5.41, 5.74) is 6.52. The van der Waals surface area contributed by atoms with Gasteiger partial charge in [0.2, 0.25) is 0 Å². The van der Waals surface area contributed by atoms with Gasteiger partial charge in [0.05, 0.1) is 13.2 Å². The van der Waals surface area contributed by atoms with Gasteiger partial charge in [-0.05, 0) is 51.9 Å². The molecule has 1 unspecified atom stereocenters. The first kappa shape index (κ1) is 18.0. The van der Waals surface area contributed by atoms with E-state index in [9.17, 15) is 0 Å². The Hall–Kier alpha value is -1.10. The minimum Gasteiger partial charge on any atom is -0.496 e. The highest BCUT2D eigenvalue weighted by atomic mass is 16.5. The topological polar surface area (TPSA) is 50.5 Å². The molecule has 3 N–H and O–H groups in total. The van der Waals surface area contributed by atoms with Crippen LogP contribution in [0.25, 0.3) is 0 Å². The molecule has 1 rings (SSSR count). The molecule has 1 aromatic carbocycles. The van der Waals surface area contributed by atoms with Crippen LogP contribution in [0.2, 0.25) is 0 Å². The number of benzene rings is 1. The van der Waals surface area contributed by atoms with Crippen LogP contribution in [0.1, 0.15) is 49.4 Å². The molecule has 21 heavy (non-hydrogen) atoms. The predicted octanol–water partition coefficient (Wildman–Crippen LogP) is 2.94. The normalized spacial score (nSPS) is 13.6. The van der Waals surface area contributed by atoms with Crippen molar-refractivity contribution in [2.45, 2.75) is 52.1 Å². The molecule has 1 aromatic rings. The first-order valence-electron chi connectivity index (χ1n) is 7.67. The van der Waals surface area contributed by atoms with Gasteiger partial charge < -0.3 is 9.64 Å². The number of rotatable bonds is 7. The first-order chi connectivity index (χ1) is 9.89. The van der Waals surface area contributed by atoms with Crippen LogP contribution in [-0.4, -0.2) is 31.6 Å². The first-order valence-corrected chi connectivity index (χ1v) is 7.67. The van der Waals surface area contributed by atoms with Gasteiger partial charge in [-0.25, -0.2) is 0 Å². The third-order valence-electron chi connectivity index (χ3n) is 5.04. The molecule has 4 nitrogen and oxygen atoms in total. The Morgan fingerprint density at radius 2 is 1.81 bits per heavy atom. The molecule has 0 fully saturated rings. The number of hydrogen-bond donors (Lipinski definition) is 2. The van der Waals surface area contributed by atoms with E-state index in [0.29, 0.717) is 0 Å². The largest absolute Gasteiger partial charge is 0.496 e. The van der Waals surface area contributed by atoms with Crippen molar-refractivity contribution in [2.24, 2.45) is 5.84 Å². The molecule has 0 radical (unpaired) electrons. The zero-order chi connectivity index (χ0) is 16.2. The second-order valence-corrected chi connectivity index (χ2v) is 5.93. The Balaban J connectivity index is 3.49. The summed E-state index contributed by atoms with van der Waals surface area (Å²) in [6, 6.07) is 4.29. The van der Waals surface area contributed by atoms with Crippen LogP contribution in [0.5, 0.6) is 5.75 Å². The lowest BCUT2D eigenvalue weighted by Crippen LogP contribution is -2.54. The number of hydrogen-bond acceptors (Lipinski definition) is 4. The predicted molar refractivity (Wildman–Crippen MR) is 89.5 cm³/mol. The number of hydrazine groups is 1. The average Bonchev–Trinajstić information content (AvgIpc) is 2.47. The van der Waals surface area contributed by atoms with E-state index in [1.165, 1.54) is 11.1 Å². The van der Waals surface area contributed by atoms with Crippen molar-refractivity contribution in [3.05, 3.63) is 28.8 Å². The van der Waals surface area contributed by atoms with Crippen LogP contribution in [0.15, 0.2) is 12.1 Å². The van der Waals surface area contributed by atoms with Crippen LogP contribution in [0, 0.1) is 13.8 Å². The van der Waals surface area contributed by atoms with E-state index in [1.54, 1.807) is 7.11 Å². The third-order valence-corrected chi connectivity index (χ3v) is 5.04. The van der Waals surface area contributed by atoms with E-state index in [4.69, 9.17) is 10.6 Å². The Morgan fingerprint density at radius 1 is 1.24 bits per heavy atom. The van der Waals surface area contributed by atoms with Crippen LogP contribution in [-0.2, 0) is 0 Å². The molecule has 0 saturated heterocycles. The Bertz CT molecular complexity index is 467. The number of methoxy groups -OCH3 is 1. The SMILES string of the molecule is CCC(CC)(C(NN)c1ccc(C)c(C)c1OC)N(C)C. The molecule has 0 spiro atoms. The highest BCUT2D eigenvalue weighted by Gasteiger charge is 2.39. The summed E-state index contributed by atoms with van der Waals surface area (Å²) in [6.07, 6.45) is 2.00. The fraction of sp³-hybridized carbons (Fsp3) is 0.647. The van der Waals surface area contributed by atoms with Gasteiger partial charge in [0.1, 0.15) is 5.75 Å². The number of nitrogens with zero attached hydrogens (tertiary/aromatic N) is 1. The second kappa shape index (κ2) is 7.25. The van der Waals surface area contributed by atoms with E-state index >= 15 is 0 Å². The molecular weight excluding hydrogens is 262 g/mol. The molecule has 0 aliphatic rings. The molecule has 0 aromatic heterocycles. The number of ether oxygens (including phenoxy) is 1. The zero-order valence-electron chi connectivity index (χ0n) is 14.6. The number of nitrogens with one attached hydrogen (secondary N) is 1. The molecular formula is C17H31N3O. The second-order valence-electron chi connectivity index (χ2n) is 5.93. The lowest BCUT2D eigenvalue weighted by Gasteiger charge is -2.45. The molecule has 120 valence electrons. The number of aryl methyl sites for hydroxylation is 1. The van der Waals surface area contributed by atoms with E-state index in [-0.39, 0.29) is 11.6 Å². The van der Waals surface area contributed by atoms with Crippen molar-refractivity contribution < 1.29 is 4.74 Å². The quantitative estimate of drug-likeness (QED) is 0.599. The van der Waals surface area contributed by atoms with Crippen molar-refractivity contribution in [2.75, 3.05) is 21.2 Å². The van der Waals surface area contributed by atoms with Crippen molar-refractivity contribution in [3.63, 3.8) is 0 Å². The van der Waals surface area contributed by atoms with Crippen molar-refractivity contribution in [1.82, 2.24) is 10.3 Å². The van der Waals surface area contributed by atoms with Crippen molar-refractivity contribution in [3.8, 4) is 5.75 Å². The summed E-state index contributed by atoms with van der Waals surface area (Å²) in [6.45, 7) is 8.62. The summed E-state index contributed by atoms with van der Waals surface area (Å²) in [7, 11) is 5.96. The fourth-order valence-corrected chi connectivity index (χ4v) is 3.39. The maximum absolute atomic E-state index is 5.96. The van der Waals surface area contributed by atoms with E-state index in [1.807, 2.05) is 0 Å². The van der Waals surface area contributed by atoms with Crippen LogP contribution in [0.4, 0.5) is 0 Å². The van der Waals surface area contributed by atoms with Gasteiger partial charge in [-0.3, -0.25) is 11.3 Å². The van der Waals surface area contributed by atoms with Gasteiger partial charge in [-0.2, -0.15) is 0 Å². The van der Waals surface area contributed by atoms with Crippen LogP contribution in [0.3, 0.4) is 0 Å². The average molecular weight is 293 g/mol. The molecule has 0 amide bonds. The Kier molecular flexibility index (Phi) is 6.20. The standard InChI is InChI=1S/C17H31N3O/c1-8-17(9-2,20(5)6)16(19-18)14-11-10-12(3)13(4)15(14)21-7/h10-11,16,19H,8-9,18H2,1-7H3. The molecule has 4 heteroatoms. The smallest absolute Gasteiger partial charge is 0.126 e. The van der Waals surface area contributed by atoms with Crippen LogP contribution >= 0.6 is 0 Å². The van der Waals surface area contributed by atoms with Gasteiger partial charge in [-0.15, -0.1) is 0 Å². The minimum atomic E-state index is -0.0519. The Labute approximate surface area is 129 Å². The third kappa shape index (κ3) is 3.07. The fourth-order valence-electron chi connectivity index (χ4n) is 3.39. The van der Waals surface area contributed by atoms with Gasteiger partial charge in [-0.1, -0.05) is 26.0 Å². The minimum absolute atomic E-state index is 0.0109. The van der Waals surface area contributed by atoms with Crippen molar-refractivity contribution in [1.29, 1.82) is 0 Å². The maximum Gasteiger partial charge on any atom is 0.126 e. The van der Waals surface area contributed by atoms with E-state index in [2.05, 4.69) is 64.2 Å². The van der Waals surface area contributed by atoms with Gasteiger partial charge in [0.15, 0.2) is 0 Å². The van der Waals surface area contributed by atoms with Crippen LogP contribution < -0.4 is 16.0 Å². The molecule has 0 aliphatic carbocycles. The molecule has 1 atom stereocenters. The molecule has 0 heterocycles. The number of nitrogens with two attached hydrogens (primary N) is 1. The monoisotopic (exact) mass is 293 g/mol. The summed E-state index contributed by atoms with van der Waals surface area (Å²) in [5, 5.41) is 0.